The Morgan fingerprint density at radius 1 is 1.12 bits per heavy atom. The monoisotopic (exact) mass is 566 g/mol. The van der Waals surface area contributed by atoms with Crippen molar-refractivity contribution in [1.29, 1.82) is 0 Å². The molecule has 2 aliphatic rings. The van der Waals surface area contributed by atoms with Crippen LogP contribution in [0.25, 0.3) is 0 Å². The lowest BCUT2D eigenvalue weighted by Gasteiger charge is -2.40. The molecule has 1 aromatic carbocycles. The van der Waals surface area contributed by atoms with Crippen LogP contribution in [0.3, 0.4) is 0 Å². The van der Waals surface area contributed by atoms with E-state index in [9.17, 15) is 9.59 Å². The zero-order valence-electron chi connectivity index (χ0n) is 23.7. The average molecular weight is 567 g/mol. The fraction of sp³-hybridized carbons (Fsp3) is 0.467. The molecule has 2 atom stereocenters. The number of thioether (sulfide) groups is 1. The van der Waals surface area contributed by atoms with Crippen LogP contribution in [0.15, 0.2) is 48.8 Å². The molecular formula is C30H42N6O3S. The number of nitrogens with two attached hydrogens (primary N) is 1. The molecule has 2 unspecified atom stereocenters. The lowest BCUT2D eigenvalue weighted by molar-refractivity contribution is -0.106. The van der Waals surface area contributed by atoms with E-state index in [1.54, 1.807) is 18.0 Å². The summed E-state index contributed by atoms with van der Waals surface area (Å²) in [5.41, 5.74) is 8.44. The summed E-state index contributed by atoms with van der Waals surface area (Å²) in [7, 11) is 0. The van der Waals surface area contributed by atoms with Crippen LogP contribution in [-0.2, 0) is 4.79 Å². The van der Waals surface area contributed by atoms with Crippen molar-refractivity contribution in [3.8, 4) is 0 Å². The van der Waals surface area contributed by atoms with Crippen LogP contribution in [0.1, 0.15) is 71.7 Å². The standard InChI is InChI=1S/C29H39N5O2S.CH3NO/c1-19-9-10-22(17-26(19)30-13-14-37-4)28(35)33-25-15-20(2)34(21(3)16-25)27-12-11-23(18-31-27)29(36)32-24-7-5-6-8-24;2-1-3/h9-12,17-18,21,24-25,30H,2,5-8,13-16H2,1,3-4H3,(H,32,36)(H,33,35);1H,(H2,2,3). The molecule has 2 heterocycles. The summed E-state index contributed by atoms with van der Waals surface area (Å²) in [5, 5.41) is 9.75. The van der Waals surface area contributed by atoms with Crippen molar-refractivity contribution < 1.29 is 14.4 Å². The molecule has 2 aromatic rings. The summed E-state index contributed by atoms with van der Waals surface area (Å²) in [6.45, 7) is 9.32. The molecule has 1 aromatic heterocycles. The number of hydrogen-bond donors (Lipinski definition) is 4. The minimum atomic E-state index is -0.0675. The molecule has 1 saturated carbocycles. The van der Waals surface area contributed by atoms with Crippen LogP contribution in [0, 0.1) is 6.92 Å². The van der Waals surface area contributed by atoms with Gasteiger partial charge in [-0.3, -0.25) is 14.4 Å². The minimum absolute atomic E-state index is 0.00286. The maximum Gasteiger partial charge on any atom is 0.253 e. The first-order chi connectivity index (χ1) is 19.3. The molecule has 3 amide bonds. The van der Waals surface area contributed by atoms with E-state index in [4.69, 9.17) is 4.79 Å². The van der Waals surface area contributed by atoms with Gasteiger partial charge in [0.2, 0.25) is 6.41 Å². The van der Waals surface area contributed by atoms with Gasteiger partial charge >= 0.3 is 0 Å². The second-order valence-corrected chi connectivity index (χ2v) is 11.3. The van der Waals surface area contributed by atoms with Gasteiger partial charge in [-0.25, -0.2) is 4.98 Å². The van der Waals surface area contributed by atoms with Crippen molar-refractivity contribution >= 4 is 41.5 Å². The average Bonchev–Trinajstić information content (AvgIpc) is 3.43. The quantitative estimate of drug-likeness (QED) is 0.264. The largest absolute Gasteiger partial charge is 0.384 e. The van der Waals surface area contributed by atoms with E-state index in [2.05, 4.69) is 51.3 Å². The van der Waals surface area contributed by atoms with Crippen molar-refractivity contribution in [2.75, 3.05) is 28.8 Å². The zero-order valence-corrected chi connectivity index (χ0v) is 24.6. The van der Waals surface area contributed by atoms with Crippen LogP contribution < -0.4 is 26.6 Å². The summed E-state index contributed by atoms with van der Waals surface area (Å²) in [6, 6.07) is 9.92. The van der Waals surface area contributed by atoms with Crippen molar-refractivity contribution in [2.24, 2.45) is 5.73 Å². The zero-order chi connectivity index (χ0) is 29.1. The molecule has 1 aliphatic heterocycles. The number of hydrogen-bond acceptors (Lipinski definition) is 7. The number of nitrogens with zero attached hydrogens (tertiary/aromatic N) is 2. The Morgan fingerprint density at radius 2 is 1.77 bits per heavy atom. The number of rotatable bonds is 9. The first-order valence-electron chi connectivity index (χ1n) is 13.8. The van der Waals surface area contributed by atoms with Crippen LogP contribution in [0.2, 0.25) is 0 Å². The number of primary amides is 1. The van der Waals surface area contributed by atoms with Crippen LogP contribution in [0.4, 0.5) is 11.5 Å². The minimum Gasteiger partial charge on any atom is -0.384 e. The van der Waals surface area contributed by atoms with Crippen molar-refractivity contribution in [2.45, 2.75) is 70.5 Å². The highest BCUT2D eigenvalue weighted by atomic mass is 32.2. The predicted octanol–water partition coefficient (Wildman–Crippen LogP) is 4.24. The smallest absolute Gasteiger partial charge is 0.253 e. The first-order valence-corrected chi connectivity index (χ1v) is 15.2. The Bertz CT molecular complexity index is 1170. The summed E-state index contributed by atoms with van der Waals surface area (Å²) in [4.78, 5) is 40.9. The molecule has 5 N–H and O–H groups in total. The van der Waals surface area contributed by atoms with Gasteiger partial charge in [0.25, 0.3) is 11.8 Å². The molecule has 4 rings (SSSR count). The molecule has 1 saturated heterocycles. The molecule has 10 heteroatoms. The van der Waals surface area contributed by atoms with E-state index in [0.29, 0.717) is 17.5 Å². The molecule has 2 fully saturated rings. The third-order valence-corrected chi connectivity index (χ3v) is 7.91. The number of aromatic nitrogens is 1. The Kier molecular flexibility index (Phi) is 11.9. The summed E-state index contributed by atoms with van der Waals surface area (Å²) >= 11 is 1.79. The molecule has 216 valence electrons. The van der Waals surface area contributed by atoms with Gasteiger partial charge in [0.1, 0.15) is 5.82 Å². The number of carbonyl (C=O) groups excluding carboxylic acids is 3. The van der Waals surface area contributed by atoms with Crippen molar-refractivity contribution in [3.63, 3.8) is 0 Å². The molecule has 0 spiro atoms. The van der Waals surface area contributed by atoms with Crippen LogP contribution in [0.5, 0.6) is 0 Å². The Balaban J connectivity index is 0.00000141. The van der Waals surface area contributed by atoms with Gasteiger partial charge in [0.05, 0.1) is 5.56 Å². The molecular weight excluding hydrogens is 524 g/mol. The van der Waals surface area contributed by atoms with Gasteiger partial charge in [0.15, 0.2) is 0 Å². The topological polar surface area (TPSA) is 129 Å². The normalized spacial score (nSPS) is 18.9. The number of carbonyl (C=O) groups is 3. The van der Waals surface area contributed by atoms with Crippen LogP contribution in [-0.4, -0.2) is 59.9 Å². The third-order valence-electron chi connectivity index (χ3n) is 7.29. The molecule has 0 radical (unpaired) electrons. The number of nitrogens with one attached hydrogen (secondary N) is 3. The molecule has 40 heavy (non-hydrogen) atoms. The molecule has 9 nitrogen and oxygen atoms in total. The highest BCUT2D eigenvalue weighted by Gasteiger charge is 2.30. The fourth-order valence-corrected chi connectivity index (χ4v) is 5.61. The molecule has 0 bridgehead atoms. The van der Waals surface area contributed by atoms with E-state index in [-0.39, 0.29) is 36.3 Å². The lowest BCUT2D eigenvalue weighted by atomic mass is 9.95. The highest BCUT2D eigenvalue weighted by Crippen LogP contribution is 2.30. The summed E-state index contributed by atoms with van der Waals surface area (Å²) in [5.74, 6) is 1.67. The van der Waals surface area contributed by atoms with E-state index in [1.165, 1.54) is 12.8 Å². The second-order valence-electron chi connectivity index (χ2n) is 10.3. The van der Waals surface area contributed by atoms with E-state index < -0.39 is 0 Å². The van der Waals surface area contributed by atoms with Crippen molar-refractivity contribution in [1.82, 2.24) is 15.6 Å². The molecule has 1 aliphatic carbocycles. The number of piperidine rings is 1. The van der Waals surface area contributed by atoms with Gasteiger partial charge in [-0.1, -0.05) is 25.5 Å². The highest BCUT2D eigenvalue weighted by molar-refractivity contribution is 7.98. The van der Waals surface area contributed by atoms with E-state index in [0.717, 1.165) is 54.3 Å². The maximum atomic E-state index is 13.1. The van der Waals surface area contributed by atoms with Gasteiger partial charge in [0, 0.05) is 60.0 Å². The van der Waals surface area contributed by atoms with E-state index in [1.807, 2.05) is 37.3 Å². The maximum absolute atomic E-state index is 13.1. The van der Waals surface area contributed by atoms with Crippen LogP contribution >= 0.6 is 11.8 Å². The SMILES string of the molecule is C=C1CC(NC(=O)c2ccc(C)c(NCCSC)c2)CC(C)N1c1ccc(C(=O)NC2CCCC2)cn1.NC=O. The van der Waals surface area contributed by atoms with Crippen molar-refractivity contribution in [3.05, 3.63) is 65.5 Å². The van der Waals surface area contributed by atoms with E-state index >= 15 is 0 Å². The number of pyridine rings is 1. The fourth-order valence-electron chi connectivity index (χ4n) is 5.30. The number of amides is 3. The van der Waals surface area contributed by atoms with Gasteiger partial charge in [-0.2, -0.15) is 11.8 Å². The van der Waals surface area contributed by atoms with Gasteiger partial charge in [-0.05, 0) is 69.2 Å². The number of anilines is 2. The Labute approximate surface area is 241 Å². The lowest BCUT2D eigenvalue weighted by Crippen LogP contribution is -2.47. The summed E-state index contributed by atoms with van der Waals surface area (Å²) < 4.78 is 0. The van der Waals surface area contributed by atoms with Gasteiger partial charge < -0.3 is 26.6 Å². The first kappa shape index (κ1) is 31.0. The predicted molar refractivity (Wildman–Crippen MR) is 164 cm³/mol. The third kappa shape index (κ3) is 8.48. The van der Waals surface area contributed by atoms with Gasteiger partial charge in [-0.15, -0.1) is 0 Å². The summed E-state index contributed by atoms with van der Waals surface area (Å²) in [6.07, 6.45) is 9.88. The Hall–Kier alpha value is -3.53. The number of aryl methyl sites for hydroxylation is 1. The Morgan fingerprint density at radius 3 is 2.40 bits per heavy atom. The second kappa shape index (κ2) is 15.3. The number of benzene rings is 1.